The molecule has 608 valence electrons. The molecule has 6 amide bonds. The van der Waals surface area contributed by atoms with Crippen molar-refractivity contribution in [1.29, 1.82) is 0 Å². The number of nitrogens with one attached hydrogen (secondary N) is 4. The van der Waals surface area contributed by atoms with E-state index < -0.39 is 176 Å². The molecule has 0 saturated carbocycles. The van der Waals surface area contributed by atoms with Crippen molar-refractivity contribution < 1.29 is 139 Å². The second kappa shape index (κ2) is 49.9. The van der Waals surface area contributed by atoms with E-state index in [9.17, 15) is 77.0 Å². The molecule has 16 atom stereocenters. The predicted molar refractivity (Wildman–Crippen MR) is 374 cm³/mol. The third-order valence-electron chi connectivity index (χ3n) is 17.9. The standard InChI is InChI=1S/C72H116N6O29/c1-14-55(104-62(93)30-29-61(91)92)69(94)78(33-23-31-73-59(89)27-17-21-37-96-71-64(75-46(6)80)43(3)67(102-52(12)86)57(106-71)40-99-49(9)83)35-24-34-77(60(90)28-18-22-38-97-72-65(76-47(7)81)44(4)68(103-53(13)87)58(107-72)41-100-50(10)84)32-19-15-25-54(88)26-16-20-36-95-70-63(74-45(5)79)42(2)66(101-51(11)85)56(105-70)39-98-48(8)82/h42-44,55-58,63-68,70-72H,14-41H2,1-13H3,(H,73,89)(H,74,79)(H,75,80)(H,76,81)(H,91,92)/t42-,43-,44-,55?,56?,57?,58?,63?,64?,65?,66-,67-,68-,70-,71-,72-/m1/s1. The number of carbonyl (C=O) groups excluding carboxylic acids is 14. The predicted octanol–water partition coefficient (Wildman–Crippen LogP) is 3.11. The first-order valence-corrected chi connectivity index (χ1v) is 36.9. The molecule has 35 nitrogen and oxygen atoms in total. The van der Waals surface area contributed by atoms with Crippen LogP contribution in [0.2, 0.25) is 0 Å². The zero-order chi connectivity index (χ0) is 79.9. The summed E-state index contributed by atoms with van der Waals surface area (Å²) in [6.07, 6.45) is -6.79. The monoisotopic (exact) mass is 1530 g/mol. The highest BCUT2D eigenvalue weighted by molar-refractivity contribution is 5.85. The van der Waals surface area contributed by atoms with Crippen molar-refractivity contribution in [3.8, 4) is 0 Å². The van der Waals surface area contributed by atoms with Gasteiger partial charge in [0.2, 0.25) is 29.5 Å². The summed E-state index contributed by atoms with van der Waals surface area (Å²) in [6.45, 7) is 18.2. The van der Waals surface area contributed by atoms with Gasteiger partial charge in [-0.1, -0.05) is 27.7 Å². The van der Waals surface area contributed by atoms with Gasteiger partial charge in [0.25, 0.3) is 5.91 Å². The van der Waals surface area contributed by atoms with Crippen molar-refractivity contribution in [1.82, 2.24) is 31.1 Å². The minimum Gasteiger partial charge on any atom is -0.481 e. The number of Topliss-reactive ketones (excluding diaryl/α,β-unsaturated/α-hetero) is 1. The number of ether oxygens (including phenoxy) is 13. The molecule has 0 spiro atoms. The number of nitrogens with zero attached hydrogens (tertiary/aromatic N) is 2. The molecular formula is C72H116N6O29. The number of rotatable bonds is 49. The highest BCUT2D eigenvalue weighted by Crippen LogP contribution is 2.33. The number of ketones is 1. The number of carboxylic acid groups (broad SMARTS) is 1. The van der Waals surface area contributed by atoms with Crippen LogP contribution in [0.4, 0.5) is 0 Å². The van der Waals surface area contributed by atoms with Gasteiger partial charge in [0, 0.05) is 158 Å². The molecule has 3 fully saturated rings. The van der Waals surface area contributed by atoms with E-state index in [0.717, 1.165) is 0 Å². The van der Waals surface area contributed by atoms with Gasteiger partial charge >= 0.3 is 47.8 Å². The molecular weight excluding hydrogens is 1410 g/mol. The van der Waals surface area contributed by atoms with Gasteiger partial charge in [0.05, 0.1) is 31.0 Å². The van der Waals surface area contributed by atoms with Crippen LogP contribution < -0.4 is 21.3 Å². The molecule has 3 saturated heterocycles. The second-order valence-corrected chi connectivity index (χ2v) is 27.0. The Bertz CT molecular complexity index is 2910. The van der Waals surface area contributed by atoms with Gasteiger partial charge in [0.15, 0.2) is 25.0 Å². The fraction of sp³-hybridized carbons (Fsp3) is 0.792. The average Bonchev–Trinajstić information content (AvgIpc) is 0.809. The lowest BCUT2D eigenvalue weighted by atomic mass is 9.88. The summed E-state index contributed by atoms with van der Waals surface area (Å²) in [4.78, 5) is 191. The summed E-state index contributed by atoms with van der Waals surface area (Å²) in [5.41, 5.74) is 0. The molecule has 0 aliphatic carbocycles. The summed E-state index contributed by atoms with van der Waals surface area (Å²) in [5.74, 6) is -9.68. The quantitative estimate of drug-likeness (QED) is 0.0332. The van der Waals surface area contributed by atoms with Crippen molar-refractivity contribution in [2.75, 3.05) is 72.4 Å². The highest BCUT2D eigenvalue weighted by atomic mass is 16.7. The fourth-order valence-corrected chi connectivity index (χ4v) is 12.6. The zero-order valence-electron chi connectivity index (χ0n) is 64.3. The minimum absolute atomic E-state index is 0.0344. The number of esters is 7. The third-order valence-corrected chi connectivity index (χ3v) is 17.9. The molecule has 7 unspecified atom stereocenters. The molecule has 3 heterocycles. The van der Waals surface area contributed by atoms with Crippen molar-refractivity contribution in [2.45, 2.75) is 279 Å². The lowest BCUT2D eigenvalue weighted by molar-refractivity contribution is -0.262. The Morgan fingerprint density at radius 2 is 0.785 bits per heavy atom. The first-order valence-electron chi connectivity index (χ1n) is 36.9. The van der Waals surface area contributed by atoms with Gasteiger partial charge in [-0.25, -0.2) is 0 Å². The Labute approximate surface area is 625 Å². The smallest absolute Gasteiger partial charge is 0.307 e. The van der Waals surface area contributed by atoms with Crippen LogP contribution in [-0.2, 0) is 133 Å². The average molecular weight is 1530 g/mol. The van der Waals surface area contributed by atoms with Crippen LogP contribution in [0, 0.1) is 17.8 Å². The summed E-state index contributed by atoms with van der Waals surface area (Å²) >= 11 is 0. The topological polar surface area (TPSA) is 451 Å². The number of amides is 6. The second-order valence-electron chi connectivity index (χ2n) is 27.0. The lowest BCUT2D eigenvalue weighted by Gasteiger charge is -2.44. The van der Waals surface area contributed by atoms with Gasteiger partial charge in [0.1, 0.15) is 62.2 Å². The van der Waals surface area contributed by atoms with E-state index >= 15 is 0 Å². The molecule has 0 radical (unpaired) electrons. The summed E-state index contributed by atoms with van der Waals surface area (Å²) in [6, 6.07) is -2.29. The molecule has 0 bridgehead atoms. The molecule has 3 aliphatic rings. The summed E-state index contributed by atoms with van der Waals surface area (Å²) < 4.78 is 74.3. The van der Waals surface area contributed by atoms with E-state index in [1.807, 2.05) is 0 Å². The van der Waals surface area contributed by atoms with E-state index in [2.05, 4.69) is 21.3 Å². The van der Waals surface area contributed by atoms with Crippen LogP contribution in [0.25, 0.3) is 0 Å². The van der Waals surface area contributed by atoms with Crippen molar-refractivity contribution in [3.63, 3.8) is 0 Å². The fourth-order valence-electron chi connectivity index (χ4n) is 12.6. The molecule has 35 heteroatoms. The van der Waals surface area contributed by atoms with Gasteiger partial charge in [-0.3, -0.25) is 71.9 Å². The highest BCUT2D eigenvalue weighted by Gasteiger charge is 2.50. The molecule has 3 rings (SSSR count). The molecule has 0 aromatic rings. The SMILES string of the molecule is CCC(OC(=O)CCC(=O)O)C(=O)N(CCCNC(=O)CCCCO[C@@H]1OC(COC(C)=O)[C@H](OC(C)=O)[C@H](C)C1NC(C)=O)CCCN(CCCCC(=O)CCCCO[C@@H]1OC(COC(C)=O)[C@H](OC(C)=O)[C@H](C)C1NC(C)=O)C(=O)CCCCO[C@@H]1OC(COC(C)=O)[C@H](OC(C)=O)[C@H](C)C1NC(C)=O. The zero-order valence-corrected chi connectivity index (χ0v) is 64.3. The van der Waals surface area contributed by atoms with Crippen LogP contribution in [0.1, 0.15) is 199 Å². The van der Waals surface area contributed by atoms with E-state index in [1.165, 1.54) is 67.2 Å². The Morgan fingerprint density at radius 3 is 1.16 bits per heavy atom. The number of hydrogen-bond donors (Lipinski definition) is 5. The first kappa shape index (κ1) is 93.2. The van der Waals surface area contributed by atoms with E-state index in [-0.39, 0.29) is 141 Å². The number of carbonyl (C=O) groups is 15. The molecule has 3 aliphatic heterocycles. The van der Waals surface area contributed by atoms with Crippen molar-refractivity contribution >= 4 is 89.0 Å². The number of carboxylic acids is 1. The van der Waals surface area contributed by atoms with Gasteiger partial charge in [-0.2, -0.15) is 0 Å². The first-order chi connectivity index (χ1) is 50.6. The maximum atomic E-state index is 14.3. The Hall–Kier alpha value is -7.99. The van der Waals surface area contributed by atoms with Crippen LogP contribution in [-0.4, -0.2) is 256 Å². The molecule has 0 aromatic carbocycles. The minimum atomic E-state index is -1.29. The van der Waals surface area contributed by atoms with Crippen LogP contribution in [0.5, 0.6) is 0 Å². The maximum Gasteiger partial charge on any atom is 0.307 e. The van der Waals surface area contributed by atoms with Gasteiger partial charge in [-0.05, 0) is 70.6 Å². The van der Waals surface area contributed by atoms with Crippen LogP contribution in [0.3, 0.4) is 0 Å². The number of hydrogen-bond acceptors (Lipinski definition) is 28. The Kier molecular flexibility index (Phi) is 43.4. The maximum absolute atomic E-state index is 14.3. The summed E-state index contributed by atoms with van der Waals surface area (Å²) in [7, 11) is 0. The van der Waals surface area contributed by atoms with E-state index in [0.29, 0.717) is 51.4 Å². The number of unbranched alkanes of at least 4 members (excludes halogenated alkanes) is 4. The summed E-state index contributed by atoms with van der Waals surface area (Å²) in [5, 5.41) is 20.5. The van der Waals surface area contributed by atoms with Gasteiger partial charge < -0.3 is 97.8 Å². The van der Waals surface area contributed by atoms with E-state index in [1.54, 1.807) is 32.6 Å². The normalized spacial score (nSPS) is 24.1. The van der Waals surface area contributed by atoms with Crippen molar-refractivity contribution in [2.24, 2.45) is 17.8 Å². The lowest BCUT2D eigenvalue weighted by Crippen LogP contribution is -2.62. The third kappa shape index (κ3) is 36.2. The molecule has 5 N–H and O–H groups in total. The molecule has 107 heavy (non-hydrogen) atoms. The van der Waals surface area contributed by atoms with Crippen LogP contribution in [0.15, 0.2) is 0 Å². The number of aliphatic carboxylic acids is 1. The van der Waals surface area contributed by atoms with Gasteiger partial charge in [-0.15, -0.1) is 0 Å². The molecule has 0 aromatic heterocycles. The van der Waals surface area contributed by atoms with Crippen molar-refractivity contribution in [3.05, 3.63) is 0 Å². The van der Waals surface area contributed by atoms with E-state index in [4.69, 9.17) is 61.6 Å². The Balaban J connectivity index is 1.74. The largest absolute Gasteiger partial charge is 0.481 e. The van der Waals surface area contributed by atoms with Crippen LogP contribution >= 0.6 is 0 Å². The Morgan fingerprint density at radius 1 is 0.421 bits per heavy atom.